The van der Waals surface area contributed by atoms with E-state index < -0.39 is 5.82 Å². The van der Waals surface area contributed by atoms with Crippen molar-refractivity contribution in [2.75, 3.05) is 0 Å². The van der Waals surface area contributed by atoms with E-state index in [1.165, 1.54) is 6.07 Å². The molecule has 2 rings (SSSR count). The third-order valence-electron chi connectivity index (χ3n) is 2.78. The summed E-state index contributed by atoms with van der Waals surface area (Å²) < 4.78 is 13.1. The standard InChI is InChI=1S/C13H13FN4/c1-9(12-7-17-18-8-12)16-6-10-2-3-13(14)11(4-10)5-15/h2-4,7-9,16H,6H2,1H3,(H,17,18). The van der Waals surface area contributed by atoms with Gasteiger partial charge in [-0.1, -0.05) is 6.07 Å². The SMILES string of the molecule is CC(NCc1ccc(F)c(C#N)c1)c1cn[nH]c1. The number of hydrogen-bond donors (Lipinski definition) is 2. The topological polar surface area (TPSA) is 64.5 Å². The molecule has 0 amide bonds. The summed E-state index contributed by atoms with van der Waals surface area (Å²) in [6.45, 7) is 2.58. The molecule has 1 aromatic carbocycles. The molecule has 1 atom stereocenters. The monoisotopic (exact) mass is 244 g/mol. The zero-order chi connectivity index (χ0) is 13.0. The average Bonchev–Trinajstić information content (AvgIpc) is 2.91. The summed E-state index contributed by atoms with van der Waals surface area (Å²) >= 11 is 0. The van der Waals surface area contributed by atoms with Crippen LogP contribution in [0.3, 0.4) is 0 Å². The zero-order valence-electron chi connectivity index (χ0n) is 9.94. The largest absolute Gasteiger partial charge is 0.306 e. The Labute approximate surface area is 104 Å². The van der Waals surface area contributed by atoms with Gasteiger partial charge in [0.25, 0.3) is 0 Å². The van der Waals surface area contributed by atoms with Crippen LogP contribution < -0.4 is 5.32 Å². The molecule has 0 fully saturated rings. The highest BCUT2D eigenvalue weighted by Gasteiger charge is 2.07. The predicted octanol–water partition coefficient (Wildman–Crippen LogP) is 2.27. The number of aromatic amines is 1. The molecule has 4 nitrogen and oxygen atoms in total. The van der Waals surface area contributed by atoms with E-state index in [0.29, 0.717) is 6.54 Å². The lowest BCUT2D eigenvalue weighted by Crippen LogP contribution is -2.17. The Bertz CT molecular complexity index is 557. The minimum atomic E-state index is -0.482. The molecule has 5 heteroatoms. The minimum absolute atomic E-state index is 0.0743. The lowest BCUT2D eigenvalue weighted by Gasteiger charge is -2.12. The van der Waals surface area contributed by atoms with Gasteiger partial charge in [0, 0.05) is 24.3 Å². The van der Waals surface area contributed by atoms with Crippen LogP contribution in [0.15, 0.2) is 30.6 Å². The number of nitrogens with one attached hydrogen (secondary N) is 2. The van der Waals surface area contributed by atoms with Crippen LogP contribution in [0.4, 0.5) is 4.39 Å². The molecule has 0 aliphatic carbocycles. The van der Waals surface area contributed by atoms with E-state index in [0.717, 1.165) is 11.1 Å². The molecule has 1 heterocycles. The van der Waals surface area contributed by atoms with Crippen molar-refractivity contribution in [2.45, 2.75) is 19.5 Å². The number of nitrogens with zero attached hydrogens (tertiary/aromatic N) is 2. The molecule has 2 N–H and O–H groups in total. The van der Waals surface area contributed by atoms with Crippen LogP contribution in [-0.2, 0) is 6.54 Å². The van der Waals surface area contributed by atoms with Crippen LogP contribution in [0.1, 0.15) is 29.7 Å². The number of H-pyrrole nitrogens is 1. The fourth-order valence-corrected chi connectivity index (χ4v) is 1.65. The summed E-state index contributed by atoms with van der Waals surface area (Å²) in [5, 5.41) is 18.7. The van der Waals surface area contributed by atoms with E-state index in [1.54, 1.807) is 18.3 Å². The van der Waals surface area contributed by atoms with E-state index in [1.807, 2.05) is 19.2 Å². The number of benzene rings is 1. The molecule has 1 unspecified atom stereocenters. The second-order valence-corrected chi connectivity index (χ2v) is 4.06. The Kier molecular flexibility index (Phi) is 3.70. The number of hydrogen-bond acceptors (Lipinski definition) is 3. The van der Waals surface area contributed by atoms with Crippen LogP contribution in [0, 0.1) is 17.1 Å². The second kappa shape index (κ2) is 5.43. The molecule has 0 bridgehead atoms. The Morgan fingerprint density at radius 3 is 3.06 bits per heavy atom. The van der Waals surface area contributed by atoms with Crippen molar-refractivity contribution < 1.29 is 4.39 Å². The van der Waals surface area contributed by atoms with Crippen molar-refractivity contribution in [1.82, 2.24) is 15.5 Å². The quantitative estimate of drug-likeness (QED) is 0.867. The summed E-state index contributed by atoms with van der Waals surface area (Å²) in [6, 6.07) is 6.52. The molecule has 0 saturated heterocycles. The lowest BCUT2D eigenvalue weighted by molar-refractivity contribution is 0.572. The maximum absolute atomic E-state index is 13.1. The highest BCUT2D eigenvalue weighted by molar-refractivity contribution is 5.34. The van der Waals surface area contributed by atoms with Gasteiger partial charge in [0.1, 0.15) is 11.9 Å². The van der Waals surface area contributed by atoms with Crippen LogP contribution in [0.2, 0.25) is 0 Å². The molecule has 1 aromatic heterocycles. The first-order chi connectivity index (χ1) is 8.70. The van der Waals surface area contributed by atoms with Gasteiger partial charge in [-0.05, 0) is 24.6 Å². The van der Waals surface area contributed by atoms with E-state index in [2.05, 4.69) is 15.5 Å². The van der Waals surface area contributed by atoms with Crippen molar-refractivity contribution in [1.29, 1.82) is 5.26 Å². The summed E-state index contributed by atoms with van der Waals surface area (Å²) in [7, 11) is 0. The van der Waals surface area contributed by atoms with E-state index in [9.17, 15) is 4.39 Å². The van der Waals surface area contributed by atoms with Gasteiger partial charge >= 0.3 is 0 Å². The molecule has 0 aliphatic rings. The van der Waals surface area contributed by atoms with Crippen molar-refractivity contribution >= 4 is 0 Å². The van der Waals surface area contributed by atoms with Crippen LogP contribution in [0.5, 0.6) is 0 Å². The van der Waals surface area contributed by atoms with Crippen LogP contribution in [0.25, 0.3) is 0 Å². The molecular formula is C13H13FN4. The molecule has 2 aromatic rings. The van der Waals surface area contributed by atoms with Gasteiger partial charge in [-0.3, -0.25) is 5.10 Å². The van der Waals surface area contributed by atoms with Gasteiger partial charge in [0.15, 0.2) is 0 Å². The molecular weight excluding hydrogens is 231 g/mol. The number of aromatic nitrogens is 2. The number of rotatable bonds is 4. The average molecular weight is 244 g/mol. The second-order valence-electron chi connectivity index (χ2n) is 4.06. The Morgan fingerprint density at radius 2 is 2.39 bits per heavy atom. The lowest BCUT2D eigenvalue weighted by atomic mass is 10.1. The molecule has 0 aliphatic heterocycles. The highest BCUT2D eigenvalue weighted by Crippen LogP contribution is 2.13. The number of halogens is 1. The maximum Gasteiger partial charge on any atom is 0.140 e. The Balaban J connectivity index is 2.01. The van der Waals surface area contributed by atoms with Crippen molar-refractivity contribution in [3.05, 3.63) is 53.1 Å². The van der Waals surface area contributed by atoms with Gasteiger partial charge in [-0.2, -0.15) is 10.4 Å². The molecule has 18 heavy (non-hydrogen) atoms. The van der Waals surface area contributed by atoms with Gasteiger partial charge in [-0.15, -0.1) is 0 Å². The fraction of sp³-hybridized carbons (Fsp3) is 0.231. The number of nitriles is 1. The molecule has 0 saturated carbocycles. The van der Waals surface area contributed by atoms with Crippen molar-refractivity contribution in [2.24, 2.45) is 0 Å². The minimum Gasteiger partial charge on any atom is -0.306 e. The van der Waals surface area contributed by atoms with Gasteiger partial charge in [0.2, 0.25) is 0 Å². The summed E-state index contributed by atoms with van der Waals surface area (Å²) in [5.41, 5.74) is 2.01. The Hall–Kier alpha value is -2.19. The first-order valence-electron chi connectivity index (χ1n) is 5.61. The molecule has 0 spiro atoms. The zero-order valence-corrected chi connectivity index (χ0v) is 9.94. The molecule has 92 valence electrons. The van der Waals surface area contributed by atoms with Crippen LogP contribution >= 0.6 is 0 Å². The first kappa shape index (κ1) is 12.3. The van der Waals surface area contributed by atoms with Crippen molar-refractivity contribution in [3.8, 4) is 6.07 Å². The first-order valence-corrected chi connectivity index (χ1v) is 5.61. The van der Waals surface area contributed by atoms with E-state index in [4.69, 9.17) is 5.26 Å². The Morgan fingerprint density at radius 1 is 1.56 bits per heavy atom. The summed E-state index contributed by atoms with van der Waals surface area (Å²) in [5.74, 6) is -0.482. The smallest absolute Gasteiger partial charge is 0.140 e. The fourth-order valence-electron chi connectivity index (χ4n) is 1.65. The summed E-state index contributed by atoms with van der Waals surface area (Å²) in [6.07, 6.45) is 3.58. The van der Waals surface area contributed by atoms with Gasteiger partial charge in [0.05, 0.1) is 11.8 Å². The van der Waals surface area contributed by atoms with Gasteiger partial charge in [-0.25, -0.2) is 4.39 Å². The van der Waals surface area contributed by atoms with Crippen LogP contribution in [-0.4, -0.2) is 10.2 Å². The molecule has 0 radical (unpaired) electrons. The normalized spacial score (nSPS) is 12.1. The van der Waals surface area contributed by atoms with Crippen molar-refractivity contribution in [3.63, 3.8) is 0 Å². The van der Waals surface area contributed by atoms with E-state index >= 15 is 0 Å². The third kappa shape index (κ3) is 2.73. The van der Waals surface area contributed by atoms with E-state index in [-0.39, 0.29) is 11.6 Å². The summed E-state index contributed by atoms with van der Waals surface area (Å²) in [4.78, 5) is 0. The maximum atomic E-state index is 13.1. The van der Waals surface area contributed by atoms with Gasteiger partial charge < -0.3 is 5.32 Å². The predicted molar refractivity (Wildman–Crippen MR) is 65.0 cm³/mol. The third-order valence-corrected chi connectivity index (χ3v) is 2.78. The highest BCUT2D eigenvalue weighted by atomic mass is 19.1.